The third-order valence-electron chi connectivity index (χ3n) is 6.00. The zero-order chi connectivity index (χ0) is 22.9. The van der Waals surface area contributed by atoms with Crippen molar-refractivity contribution in [2.45, 2.75) is 9.79 Å². The third-order valence-corrected chi connectivity index (χ3v) is 7.13. The van der Waals surface area contributed by atoms with Gasteiger partial charge in [-0.05, 0) is 53.6 Å². The lowest BCUT2D eigenvalue weighted by Gasteiger charge is -2.34. The fourth-order valence-corrected chi connectivity index (χ4v) is 5.51. The molecule has 3 nitrogen and oxygen atoms in total. The minimum atomic E-state index is 0.622. The number of para-hydroxylation sites is 3. The summed E-state index contributed by atoms with van der Waals surface area (Å²) in [6, 6.07) is 38.0. The Balaban J connectivity index is 1.54. The van der Waals surface area contributed by atoms with E-state index in [4.69, 9.17) is 0 Å². The maximum Gasteiger partial charge on any atom is 0.0999 e. The number of rotatable bonds is 3. The van der Waals surface area contributed by atoms with Gasteiger partial charge in [-0.25, -0.2) is 0 Å². The van der Waals surface area contributed by atoms with E-state index in [1.54, 1.807) is 18.5 Å². The Morgan fingerprint density at radius 3 is 1.97 bits per heavy atom. The molecule has 0 spiro atoms. The Morgan fingerprint density at radius 2 is 1.26 bits per heavy atom. The lowest BCUT2D eigenvalue weighted by molar-refractivity contribution is 1.17. The van der Waals surface area contributed by atoms with Crippen molar-refractivity contribution in [2.24, 2.45) is 0 Å². The smallest absolute Gasteiger partial charge is 0.0999 e. The van der Waals surface area contributed by atoms with Gasteiger partial charge in [0, 0.05) is 33.3 Å². The average molecular weight is 454 g/mol. The summed E-state index contributed by atoms with van der Waals surface area (Å²) in [5.41, 5.74) is 8.13. The SMILES string of the molecule is N#Cc1ccncc1-c1cccc(-c2ccccc2N2c3ccccc3Sc3ccccc32)c1. The normalized spacial score (nSPS) is 11.9. The summed E-state index contributed by atoms with van der Waals surface area (Å²) in [7, 11) is 0. The predicted octanol–water partition coefficient (Wildman–Crippen LogP) is 8.22. The molecule has 4 aromatic carbocycles. The summed E-state index contributed by atoms with van der Waals surface area (Å²) in [6.07, 6.45) is 3.42. The largest absolute Gasteiger partial charge is 0.308 e. The molecule has 0 bridgehead atoms. The number of aromatic nitrogens is 1. The Kier molecular flexibility index (Phi) is 5.10. The first-order valence-corrected chi connectivity index (χ1v) is 11.8. The summed E-state index contributed by atoms with van der Waals surface area (Å²) in [6.45, 7) is 0. The summed E-state index contributed by atoms with van der Waals surface area (Å²) in [4.78, 5) is 9.08. The lowest BCUT2D eigenvalue weighted by atomic mass is 9.96. The number of benzene rings is 4. The van der Waals surface area contributed by atoms with Gasteiger partial charge in [-0.2, -0.15) is 5.26 Å². The molecule has 4 heteroatoms. The average Bonchev–Trinajstić information content (AvgIpc) is 2.92. The Morgan fingerprint density at radius 1 is 0.647 bits per heavy atom. The topological polar surface area (TPSA) is 39.9 Å². The molecule has 160 valence electrons. The second-order valence-corrected chi connectivity index (χ2v) is 9.09. The lowest BCUT2D eigenvalue weighted by Crippen LogP contribution is -2.15. The Labute approximate surface area is 203 Å². The van der Waals surface area contributed by atoms with Crippen LogP contribution in [0.15, 0.2) is 125 Å². The first-order valence-electron chi connectivity index (χ1n) is 11.0. The molecule has 5 aromatic rings. The molecule has 1 aliphatic heterocycles. The highest BCUT2D eigenvalue weighted by Crippen LogP contribution is 2.52. The highest BCUT2D eigenvalue weighted by Gasteiger charge is 2.26. The number of anilines is 3. The first-order chi connectivity index (χ1) is 16.8. The molecule has 0 fully saturated rings. The van der Waals surface area contributed by atoms with E-state index in [1.807, 2.05) is 23.9 Å². The van der Waals surface area contributed by atoms with Crippen LogP contribution >= 0.6 is 11.8 Å². The minimum Gasteiger partial charge on any atom is -0.308 e. The van der Waals surface area contributed by atoms with Crippen LogP contribution in [0.4, 0.5) is 17.1 Å². The number of fused-ring (bicyclic) bond motifs is 2. The molecule has 0 saturated heterocycles. The van der Waals surface area contributed by atoms with Crippen LogP contribution in [0.2, 0.25) is 0 Å². The molecular formula is C30H19N3S. The molecule has 6 rings (SSSR count). The molecule has 1 aromatic heterocycles. The Bertz CT molecular complexity index is 1520. The van der Waals surface area contributed by atoms with Crippen molar-refractivity contribution < 1.29 is 0 Å². The van der Waals surface area contributed by atoms with Gasteiger partial charge < -0.3 is 4.90 Å². The molecule has 1 aliphatic rings. The summed E-state index contributed by atoms with van der Waals surface area (Å²) >= 11 is 1.81. The maximum atomic E-state index is 9.58. The molecule has 0 atom stereocenters. The Hall–Kier alpha value is -4.33. The molecule has 0 unspecified atom stereocenters. The van der Waals surface area contributed by atoms with Gasteiger partial charge in [-0.3, -0.25) is 4.98 Å². The van der Waals surface area contributed by atoms with Crippen molar-refractivity contribution in [3.8, 4) is 28.3 Å². The van der Waals surface area contributed by atoms with E-state index < -0.39 is 0 Å². The number of hydrogen-bond acceptors (Lipinski definition) is 4. The van der Waals surface area contributed by atoms with Crippen LogP contribution < -0.4 is 4.90 Å². The van der Waals surface area contributed by atoms with Crippen LogP contribution in [0.5, 0.6) is 0 Å². The van der Waals surface area contributed by atoms with Crippen molar-refractivity contribution in [3.05, 3.63) is 121 Å². The molecule has 2 heterocycles. The highest BCUT2D eigenvalue weighted by atomic mass is 32.2. The van der Waals surface area contributed by atoms with Crippen LogP contribution in [0, 0.1) is 11.3 Å². The standard InChI is InChI=1S/C30H19N3S/c31-19-23-16-17-32-20-25(23)22-9-7-8-21(18-22)24-10-1-2-11-26(24)33-27-12-3-5-14-29(27)34-30-15-6-4-13-28(30)33/h1-18,20H. The number of hydrogen-bond donors (Lipinski definition) is 0. The van der Waals surface area contributed by atoms with Crippen molar-refractivity contribution in [2.75, 3.05) is 4.90 Å². The molecular weight excluding hydrogens is 434 g/mol. The number of nitrogens with zero attached hydrogens (tertiary/aromatic N) is 3. The van der Waals surface area contributed by atoms with Crippen molar-refractivity contribution >= 4 is 28.8 Å². The number of nitriles is 1. The predicted molar refractivity (Wildman–Crippen MR) is 139 cm³/mol. The quantitative estimate of drug-likeness (QED) is 0.271. The van der Waals surface area contributed by atoms with Gasteiger partial charge in [-0.15, -0.1) is 0 Å². The van der Waals surface area contributed by atoms with Gasteiger partial charge in [0.15, 0.2) is 0 Å². The zero-order valence-corrected chi connectivity index (χ0v) is 19.0. The van der Waals surface area contributed by atoms with E-state index in [-0.39, 0.29) is 0 Å². The van der Waals surface area contributed by atoms with Gasteiger partial charge >= 0.3 is 0 Å². The monoisotopic (exact) mass is 453 g/mol. The van der Waals surface area contributed by atoms with E-state index in [9.17, 15) is 5.26 Å². The fraction of sp³-hybridized carbons (Fsp3) is 0. The third kappa shape index (κ3) is 3.44. The van der Waals surface area contributed by atoms with Crippen molar-refractivity contribution in [3.63, 3.8) is 0 Å². The van der Waals surface area contributed by atoms with Crippen LogP contribution in [0.1, 0.15) is 5.56 Å². The van der Waals surface area contributed by atoms with Gasteiger partial charge in [-0.1, -0.05) is 72.4 Å². The van der Waals surface area contributed by atoms with E-state index in [1.165, 1.54) is 21.2 Å². The maximum absolute atomic E-state index is 9.58. The van der Waals surface area contributed by atoms with Gasteiger partial charge in [0.1, 0.15) is 0 Å². The van der Waals surface area contributed by atoms with Gasteiger partial charge in [0.05, 0.1) is 28.7 Å². The van der Waals surface area contributed by atoms with Crippen molar-refractivity contribution in [1.82, 2.24) is 4.98 Å². The van der Waals surface area contributed by atoms with Crippen LogP contribution in [-0.4, -0.2) is 4.98 Å². The fourth-order valence-electron chi connectivity index (χ4n) is 4.45. The van der Waals surface area contributed by atoms with Crippen LogP contribution in [0.3, 0.4) is 0 Å². The van der Waals surface area contributed by atoms with E-state index in [0.29, 0.717) is 5.56 Å². The summed E-state index contributed by atoms with van der Waals surface area (Å²) in [5.74, 6) is 0. The molecule has 0 N–H and O–H groups in total. The van der Waals surface area contributed by atoms with E-state index >= 15 is 0 Å². The van der Waals surface area contributed by atoms with Crippen LogP contribution in [0.25, 0.3) is 22.3 Å². The molecule has 0 saturated carbocycles. The van der Waals surface area contributed by atoms with E-state index in [0.717, 1.165) is 27.9 Å². The molecule has 0 aliphatic carbocycles. The second-order valence-electron chi connectivity index (χ2n) is 8.00. The number of pyridine rings is 1. The zero-order valence-electron chi connectivity index (χ0n) is 18.2. The van der Waals surface area contributed by atoms with Gasteiger partial charge in [0.2, 0.25) is 0 Å². The van der Waals surface area contributed by atoms with Crippen LogP contribution in [-0.2, 0) is 0 Å². The summed E-state index contributed by atoms with van der Waals surface area (Å²) < 4.78 is 0. The summed E-state index contributed by atoms with van der Waals surface area (Å²) in [5, 5.41) is 9.58. The molecule has 34 heavy (non-hydrogen) atoms. The second kappa shape index (κ2) is 8.55. The van der Waals surface area contributed by atoms with E-state index in [2.05, 4.69) is 101 Å². The minimum absolute atomic E-state index is 0.622. The molecule has 0 radical (unpaired) electrons. The van der Waals surface area contributed by atoms with Gasteiger partial charge in [0.25, 0.3) is 0 Å². The first kappa shape index (κ1) is 20.3. The molecule has 0 amide bonds. The highest BCUT2D eigenvalue weighted by molar-refractivity contribution is 7.99. The van der Waals surface area contributed by atoms with Crippen molar-refractivity contribution in [1.29, 1.82) is 5.26 Å².